The van der Waals surface area contributed by atoms with Gasteiger partial charge in [-0.25, -0.2) is 4.79 Å². The molecule has 1 atom stereocenters. The molecule has 0 aromatic carbocycles. The van der Waals surface area contributed by atoms with Crippen LogP contribution in [0.5, 0.6) is 0 Å². The van der Waals surface area contributed by atoms with E-state index in [1.807, 2.05) is 18.4 Å². The van der Waals surface area contributed by atoms with E-state index in [0.29, 0.717) is 17.5 Å². The van der Waals surface area contributed by atoms with Gasteiger partial charge >= 0.3 is 5.97 Å². The zero-order valence-corrected chi connectivity index (χ0v) is 10.1. The van der Waals surface area contributed by atoms with E-state index in [0.717, 1.165) is 12.1 Å². The van der Waals surface area contributed by atoms with Gasteiger partial charge in [0.1, 0.15) is 0 Å². The fraction of sp³-hybridized carbons (Fsp3) is 0.500. The molecule has 0 spiro atoms. The van der Waals surface area contributed by atoms with Crippen LogP contribution in [0, 0.1) is 13.8 Å². The second-order valence-electron chi connectivity index (χ2n) is 4.01. The van der Waals surface area contributed by atoms with Crippen molar-refractivity contribution in [3.05, 3.63) is 22.5 Å². The molecule has 4 heteroatoms. The maximum atomic E-state index is 11.1. The van der Waals surface area contributed by atoms with Crippen LogP contribution in [0.2, 0.25) is 0 Å². The number of aromatic nitrogens is 1. The van der Waals surface area contributed by atoms with Crippen molar-refractivity contribution in [1.82, 2.24) is 4.57 Å². The molecule has 0 amide bonds. The van der Waals surface area contributed by atoms with Crippen LogP contribution in [0.3, 0.4) is 0 Å². The predicted molar refractivity (Wildman–Crippen MR) is 61.3 cm³/mol. The zero-order chi connectivity index (χ0) is 12.5. The Kier molecular flexibility index (Phi) is 3.52. The minimum atomic E-state index is -1.04. The summed E-state index contributed by atoms with van der Waals surface area (Å²) in [4.78, 5) is 22.1. The number of aromatic carboxylic acids is 1. The molecule has 0 aliphatic rings. The van der Waals surface area contributed by atoms with Crippen LogP contribution in [0.1, 0.15) is 58.4 Å². The number of carbonyl (C=O) groups excluding carboxylic acids is 1. The van der Waals surface area contributed by atoms with Crippen LogP contribution in [0.25, 0.3) is 0 Å². The number of hydrogen-bond acceptors (Lipinski definition) is 2. The molecule has 0 aliphatic heterocycles. The summed E-state index contributed by atoms with van der Waals surface area (Å²) in [5.74, 6) is -1.04. The van der Waals surface area contributed by atoms with Gasteiger partial charge in [0.2, 0.25) is 0 Å². The first-order chi connectivity index (χ1) is 7.45. The molecule has 0 aliphatic carbocycles. The molecular weight excluding hydrogens is 206 g/mol. The number of carboxylic acid groups (broad SMARTS) is 1. The minimum Gasteiger partial charge on any atom is -0.478 e. The molecule has 0 fully saturated rings. The summed E-state index contributed by atoms with van der Waals surface area (Å²) in [6, 6.07) is 0.201. The minimum absolute atomic E-state index is 0.132. The van der Waals surface area contributed by atoms with E-state index in [4.69, 9.17) is 5.11 Å². The first-order valence-electron chi connectivity index (χ1n) is 5.35. The van der Waals surface area contributed by atoms with Crippen LogP contribution in [0.15, 0.2) is 0 Å². The molecule has 16 heavy (non-hydrogen) atoms. The number of hydrogen-bond donors (Lipinski definition) is 1. The highest BCUT2D eigenvalue weighted by Gasteiger charge is 2.23. The van der Waals surface area contributed by atoms with Crippen molar-refractivity contribution in [2.75, 3.05) is 0 Å². The second kappa shape index (κ2) is 4.51. The summed E-state index contributed by atoms with van der Waals surface area (Å²) in [7, 11) is 0. The monoisotopic (exact) mass is 223 g/mol. The lowest BCUT2D eigenvalue weighted by Gasteiger charge is -2.16. The first-order valence-corrected chi connectivity index (χ1v) is 5.35. The van der Waals surface area contributed by atoms with Gasteiger partial charge < -0.3 is 9.67 Å². The van der Waals surface area contributed by atoms with Crippen molar-refractivity contribution in [2.45, 2.75) is 40.2 Å². The molecule has 1 aromatic heterocycles. The van der Waals surface area contributed by atoms with E-state index in [-0.39, 0.29) is 11.6 Å². The lowest BCUT2D eigenvalue weighted by Crippen LogP contribution is -2.08. The highest BCUT2D eigenvalue weighted by molar-refractivity contribution is 5.99. The van der Waals surface area contributed by atoms with E-state index < -0.39 is 5.97 Å². The average Bonchev–Trinajstić information content (AvgIpc) is 2.48. The summed E-state index contributed by atoms with van der Waals surface area (Å²) in [6.07, 6.45) is 1.53. The van der Waals surface area contributed by atoms with Gasteiger partial charge in [0.15, 0.2) is 6.29 Å². The van der Waals surface area contributed by atoms with E-state index in [1.165, 1.54) is 0 Å². The van der Waals surface area contributed by atoms with Crippen molar-refractivity contribution < 1.29 is 14.7 Å². The molecule has 0 saturated carbocycles. The Hall–Kier alpha value is -1.58. The summed E-state index contributed by atoms with van der Waals surface area (Å²) in [5, 5.41) is 9.10. The fourth-order valence-electron chi connectivity index (χ4n) is 2.14. The maximum Gasteiger partial charge on any atom is 0.338 e. The van der Waals surface area contributed by atoms with E-state index >= 15 is 0 Å². The molecule has 0 bridgehead atoms. The molecule has 1 N–H and O–H groups in total. The Morgan fingerprint density at radius 3 is 2.31 bits per heavy atom. The Balaban J connectivity index is 3.53. The van der Waals surface area contributed by atoms with Crippen molar-refractivity contribution in [3.8, 4) is 0 Å². The molecule has 1 rings (SSSR count). The van der Waals surface area contributed by atoms with Gasteiger partial charge in [-0.15, -0.1) is 0 Å². The molecule has 0 radical (unpaired) electrons. The molecule has 1 aromatic rings. The molecule has 0 saturated heterocycles. The van der Waals surface area contributed by atoms with Crippen LogP contribution in [-0.4, -0.2) is 21.9 Å². The average molecular weight is 223 g/mol. The molecular formula is C12H17NO3. The van der Waals surface area contributed by atoms with Gasteiger partial charge in [-0.2, -0.15) is 0 Å². The Morgan fingerprint density at radius 2 is 2.00 bits per heavy atom. The largest absolute Gasteiger partial charge is 0.478 e. The van der Waals surface area contributed by atoms with Crippen molar-refractivity contribution in [3.63, 3.8) is 0 Å². The van der Waals surface area contributed by atoms with Gasteiger partial charge in [0.05, 0.1) is 5.56 Å². The number of nitrogens with zero attached hydrogens (tertiary/aromatic N) is 1. The number of carbonyl (C=O) groups is 2. The van der Waals surface area contributed by atoms with Crippen LogP contribution in [-0.2, 0) is 0 Å². The number of carboxylic acids is 1. The van der Waals surface area contributed by atoms with Crippen LogP contribution < -0.4 is 0 Å². The van der Waals surface area contributed by atoms with Crippen LogP contribution >= 0.6 is 0 Å². The smallest absolute Gasteiger partial charge is 0.338 e. The van der Waals surface area contributed by atoms with Crippen molar-refractivity contribution in [1.29, 1.82) is 0 Å². The van der Waals surface area contributed by atoms with E-state index in [9.17, 15) is 9.59 Å². The third-order valence-electron chi connectivity index (χ3n) is 3.11. The van der Waals surface area contributed by atoms with Gasteiger partial charge in [-0.1, -0.05) is 6.92 Å². The van der Waals surface area contributed by atoms with Gasteiger partial charge in [0, 0.05) is 23.0 Å². The molecule has 4 nitrogen and oxygen atoms in total. The standard InChI is InChI=1S/C12H17NO3/c1-5-7(2)13-8(3)10(6-14)11(9(13)4)12(15)16/h6-7H,5H2,1-4H3,(H,15,16). The van der Waals surface area contributed by atoms with Crippen molar-refractivity contribution in [2.24, 2.45) is 0 Å². The Morgan fingerprint density at radius 1 is 1.44 bits per heavy atom. The normalized spacial score (nSPS) is 12.5. The highest BCUT2D eigenvalue weighted by atomic mass is 16.4. The van der Waals surface area contributed by atoms with E-state index in [1.54, 1.807) is 13.8 Å². The summed E-state index contributed by atoms with van der Waals surface area (Å²) >= 11 is 0. The third-order valence-corrected chi connectivity index (χ3v) is 3.11. The second-order valence-corrected chi connectivity index (χ2v) is 4.01. The van der Waals surface area contributed by atoms with Gasteiger partial charge in [-0.3, -0.25) is 4.79 Å². The summed E-state index contributed by atoms with van der Waals surface area (Å²) in [5.41, 5.74) is 1.82. The number of rotatable bonds is 4. The topological polar surface area (TPSA) is 59.3 Å². The highest BCUT2D eigenvalue weighted by Crippen LogP contribution is 2.26. The third kappa shape index (κ3) is 1.75. The van der Waals surface area contributed by atoms with Crippen LogP contribution in [0.4, 0.5) is 0 Å². The summed E-state index contributed by atoms with van der Waals surface area (Å²) < 4.78 is 1.92. The maximum absolute atomic E-state index is 11.1. The van der Waals surface area contributed by atoms with Gasteiger partial charge in [-0.05, 0) is 27.2 Å². The molecule has 1 heterocycles. The Labute approximate surface area is 94.9 Å². The quantitative estimate of drug-likeness (QED) is 0.798. The lowest BCUT2D eigenvalue weighted by molar-refractivity contribution is 0.0693. The molecule has 88 valence electrons. The SMILES string of the molecule is CCC(C)n1c(C)c(C=O)c(C(=O)O)c1C. The summed E-state index contributed by atoms with van der Waals surface area (Å²) in [6.45, 7) is 7.58. The van der Waals surface area contributed by atoms with E-state index in [2.05, 4.69) is 0 Å². The Bertz CT molecular complexity index is 432. The lowest BCUT2D eigenvalue weighted by atomic mass is 10.1. The van der Waals surface area contributed by atoms with Crippen molar-refractivity contribution >= 4 is 12.3 Å². The number of aldehydes is 1. The van der Waals surface area contributed by atoms with Gasteiger partial charge in [0.25, 0.3) is 0 Å². The molecule has 1 unspecified atom stereocenters. The zero-order valence-electron chi connectivity index (χ0n) is 10.1. The fourth-order valence-corrected chi connectivity index (χ4v) is 2.14. The predicted octanol–water partition coefficient (Wildman–Crippen LogP) is 2.59. The first kappa shape index (κ1) is 12.5.